The summed E-state index contributed by atoms with van der Waals surface area (Å²) in [5, 5.41) is 8.84. The van der Waals surface area contributed by atoms with Gasteiger partial charge in [-0.25, -0.2) is 0 Å². The van der Waals surface area contributed by atoms with Crippen molar-refractivity contribution >= 4 is 23.4 Å². The first kappa shape index (κ1) is 19.1. The molecular formula is C22H24N4O3. The monoisotopic (exact) mass is 392 g/mol. The van der Waals surface area contributed by atoms with Gasteiger partial charge in [-0.05, 0) is 35.2 Å². The van der Waals surface area contributed by atoms with Crippen molar-refractivity contribution in [3.8, 4) is 0 Å². The van der Waals surface area contributed by atoms with E-state index in [1.54, 1.807) is 4.90 Å². The van der Waals surface area contributed by atoms with Crippen molar-refractivity contribution in [2.24, 2.45) is 0 Å². The highest BCUT2D eigenvalue weighted by atomic mass is 16.2. The van der Waals surface area contributed by atoms with E-state index in [4.69, 9.17) is 0 Å². The molecule has 0 aliphatic carbocycles. The molecule has 0 radical (unpaired) electrons. The topological polar surface area (TPSA) is 90.5 Å². The fourth-order valence-corrected chi connectivity index (χ4v) is 3.97. The zero-order chi connectivity index (χ0) is 20.4. The van der Waals surface area contributed by atoms with Crippen LogP contribution in [0.3, 0.4) is 0 Å². The molecule has 1 fully saturated rings. The van der Waals surface area contributed by atoms with Crippen LogP contribution in [0.25, 0.3) is 0 Å². The molecule has 2 aliphatic heterocycles. The Morgan fingerprint density at radius 2 is 1.86 bits per heavy atom. The summed E-state index contributed by atoms with van der Waals surface area (Å²) in [6.45, 7) is 1.66. The zero-order valence-electron chi connectivity index (χ0n) is 16.3. The van der Waals surface area contributed by atoms with Crippen LogP contribution >= 0.6 is 0 Å². The Hall–Kier alpha value is -3.19. The third-order valence-electron chi connectivity index (χ3n) is 5.53. The van der Waals surface area contributed by atoms with E-state index in [0.29, 0.717) is 31.6 Å². The minimum absolute atomic E-state index is 0.134. The number of carbonyl (C=O) groups excluding carboxylic acids is 3. The first-order valence-corrected chi connectivity index (χ1v) is 9.79. The number of hydrogen-bond acceptors (Lipinski definition) is 5. The highest BCUT2D eigenvalue weighted by Crippen LogP contribution is 2.29. The number of anilines is 1. The van der Waals surface area contributed by atoms with E-state index in [-0.39, 0.29) is 24.1 Å². The van der Waals surface area contributed by atoms with Gasteiger partial charge in [0.1, 0.15) is 6.04 Å². The Morgan fingerprint density at radius 1 is 1.07 bits per heavy atom. The Morgan fingerprint density at radius 3 is 2.59 bits per heavy atom. The standard InChI is InChI=1S/C22H24N4O3/c1-23-17-7-5-14(6-8-17)11-24-12-15-3-2-4-16-13-26(22(29)20(15)16)18-9-10-19(27)25-21(18)28/h2-8,18,23-24H,9-13H2,1H3,(H,25,27,28). The number of benzene rings is 2. The molecule has 7 heteroatoms. The fourth-order valence-electron chi connectivity index (χ4n) is 3.97. The minimum atomic E-state index is -0.584. The van der Waals surface area contributed by atoms with Gasteiger partial charge in [-0.15, -0.1) is 0 Å². The number of imide groups is 1. The SMILES string of the molecule is CNc1ccc(CNCc2cccc3c2C(=O)N(C2CCC(=O)NC2=O)C3)cc1. The lowest BCUT2D eigenvalue weighted by atomic mass is 10.0. The summed E-state index contributed by atoms with van der Waals surface area (Å²) in [6.07, 6.45) is 0.637. The Kier molecular flexibility index (Phi) is 5.31. The average molecular weight is 392 g/mol. The molecule has 3 N–H and O–H groups in total. The van der Waals surface area contributed by atoms with Crippen LogP contribution in [0.15, 0.2) is 42.5 Å². The first-order valence-electron chi connectivity index (χ1n) is 9.79. The van der Waals surface area contributed by atoms with Gasteiger partial charge in [0.25, 0.3) is 5.91 Å². The van der Waals surface area contributed by atoms with Gasteiger partial charge in [0.05, 0.1) is 0 Å². The third kappa shape index (κ3) is 3.86. The number of nitrogens with zero attached hydrogens (tertiary/aromatic N) is 1. The molecule has 2 aliphatic rings. The number of piperidine rings is 1. The van der Waals surface area contributed by atoms with Crippen molar-refractivity contribution in [3.05, 3.63) is 64.7 Å². The van der Waals surface area contributed by atoms with Gasteiger partial charge < -0.3 is 15.5 Å². The van der Waals surface area contributed by atoms with Crippen LogP contribution in [0.4, 0.5) is 5.69 Å². The van der Waals surface area contributed by atoms with Gasteiger partial charge in [-0.1, -0.05) is 30.3 Å². The largest absolute Gasteiger partial charge is 0.388 e. The van der Waals surface area contributed by atoms with Gasteiger partial charge in [0.2, 0.25) is 11.8 Å². The van der Waals surface area contributed by atoms with Crippen LogP contribution in [0, 0.1) is 0 Å². The van der Waals surface area contributed by atoms with Gasteiger partial charge in [0, 0.05) is 44.4 Å². The average Bonchev–Trinajstić information content (AvgIpc) is 3.06. The molecule has 29 heavy (non-hydrogen) atoms. The molecule has 1 saturated heterocycles. The van der Waals surface area contributed by atoms with Crippen molar-refractivity contribution in [2.45, 2.75) is 38.5 Å². The van der Waals surface area contributed by atoms with E-state index in [1.807, 2.05) is 37.4 Å². The molecule has 2 heterocycles. The number of hydrogen-bond donors (Lipinski definition) is 3. The van der Waals surface area contributed by atoms with Crippen molar-refractivity contribution < 1.29 is 14.4 Å². The predicted octanol–water partition coefficient (Wildman–Crippen LogP) is 1.78. The summed E-state index contributed by atoms with van der Waals surface area (Å²) in [5.41, 5.74) is 4.75. The molecule has 1 atom stereocenters. The second kappa shape index (κ2) is 8.05. The van der Waals surface area contributed by atoms with Crippen LogP contribution < -0.4 is 16.0 Å². The van der Waals surface area contributed by atoms with E-state index >= 15 is 0 Å². The number of nitrogens with one attached hydrogen (secondary N) is 3. The second-order valence-corrected chi connectivity index (χ2v) is 7.40. The predicted molar refractivity (Wildman–Crippen MR) is 109 cm³/mol. The molecule has 2 aromatic carbocycles. The third-order valence-corrected chi connectivity index (χ3v) is 5.53. The van der Waals surface area contributed by atoms with E-state index < -0.39 is 6.04 Å². The molecule has 1 unspecified atom stereocenters. The van der Waals surface area contributed by atoms with Crippen LogP contribution in [0.2, 0.25) is 0 Å². The van der Waals surface area contributed by atoms with E-state index in [9.17, 15) is 14.4 Å². The summed E-state index contributed by atoms with van der Waals surface area (Å²) in [6, 6.07) is 13.4. The lowest BCUT2D eigenvalue weighted by Gasteiger charge is -2.29. The fraction of sp³-hybridized carbons (Fsp3) is 0.318. The van der Waals surface area contributed by atoms with Crippen LogP contribution in [0.5, 0.6) is 0 Å². The van der Waals surface area contributed by atoms with Gasteiger partial charge in [0.15, 0.2) is 0 Å². The highest BCUT2D eigenvalue weighted by molar-refractivity contribution is 6.05. The molecule has 0 saturated carbocycles. The zero-order valence-corrected chi connectivity index (χ0v) is 16.3. The molecule has 150 valence electrons. The van der Waals surface area contributed by atoms with Gasteiger partial charge >= 0.3 is 0 Å². The first-order chi connectivity index (χ1) is 14.1. The summed E-state index contributed by atoms with van der Waals surface area (Å²) in [7, 11) is 1.89. The van der Waals surface area contributed by atoms with Crippen LogP contribution in [-0.4, -0.2) is 35.7 Å². The summed E-state index contributed by atoms with van der Waals surface area (Å²) in [4.78, 5) is 38.3. The number of rotatable bonds is 6. The number of fused-ring (bicyclic) bond motifs is 1. The van der Waals surface area contributed by atoms with Crippen molar-refractivity contribution in [1.82, 2.24) is 15.5 Å². The van der Waals surface area contributed by atoms with Crippen molar-refractivity contribution in [2.75, 3.05) is 12.4 Å². The molecule has 0 aromatic heterocycles. The van der Waals surface area contributed by atoms with Crippen molar-refractivity contribution in [3.63, 3.8) is 0 Å². The molecule has 4 rings (SSSR count). The summed E-state index contributed by atoms with van der Waals surface area (Å²) >= 11 is 0. The minimum Gasteiger partial charge on any atom is -0.388 e. The Labute approximate surface area is 169 Å². The smallest absolute Gasteiger partial charge is 0.255 e. The lowest BCUT2D eigenvalue weighted by molar-refractivity contribution is -0.136. The maximum atomic E-state index is 13.1. The van der Waals surface area contributed by atoms with E-state index in [2.05, 4.69) is 28.1 Å². The second-order valence-electron chi connectivity index (χ2n) is 7.40. The summed E-state index contributed by atoms with van der Waals surface area (Å²) in [5.74, 6) is -0.791. The maximum absolute atomic E-state index is 13.1. The normalized spacial score (nSPS) is 18.6. The molecule has 3 amide bonds. The van der Waals surface area contributed by atoms with E-state index in [1.165, 1.54) is 0 Å². The van der Waals surface area contributed by atoms with Crippen LogP contribution in [-0.2, 0) is 29.2 Å². The Bertz CT molecular complexity index is 955. The van der Waals surface area contributed by atoms with E-state index in [0.717, 1.165) is 22.4 Å². The molecule has 0 bridgehead atoms. The van der Waals surface area contributed by atoms with Gasteiger partial charge in [-0.2, -0.15) is 0 Å². The summed E-state index contributed by atoms with van der Waals surface area (Å²) < 4.78 is 0. The molecule has 7 nitrogen and oxygen atoms in total. The molecule has 2 aromatic rings. The lowest BCUT2D eigenvalue weighted by Crippen LogP contribution is -2.52. The number of carbonyl (C=O) groups is 3. The van der Waals surface area contributed by atoms with Gasteiger partial charge in [-0.3, -0.25) is 19.7 Å². The highest BCUT2D eigenvalue weighted by Gasteiger charge is 2.39. The number of amides is 3. The molecular weight excluding hydrogens is 368 g/mol. The van der Waals surface area contributed by atoms with Crippen LogP contribution in [0.1, 0.15) is 39.9 Å². The molecule has 0 spiro atoms. The quantitative estimate of drug-likeness (QED) is 0.652. The Balaban J connectivity index is 1.44. The van der Waals surface area contributed by atoms with Crippen molar-refractivity contribution in [1.29, 1.82) is 0 Å². The maximum Gasteiger partial charge on any atom is 0.255 e.